The fraction of sp³-hybridized carbons (Fsp3) is 0.261. The topological polar surface area (TPSA) is 188 Å². The highest BCUT2D eigenvalue weighted by atomic mass is 35.6. The van der Waals surface area contributed by atoms with Crippen molar-refractivity contribution in [2.24, 2.45) is 0 Å². The maximum atomic E-state index is 12.9. The zero-order chi connectivity index (χ0) is 52.4. The van der Waals surface area contributed by atoms with Crippen molar-refractivity contribution in [2.75, 3.05) is 10.6 Å². The van der Waals surface area contributed by atoms with Crippen LogP contribution in [-0.4, -0.2) is 53.7 Å². The van der Waals surface area contributed by atoms with Crippen LogP contribution in [0.5, 0.6) is 11.5 Å². The molecule has 2 amide bonds. The van der Waals surface area contributed by atoms with Crippen LogP contribution in [0.15, 0.2) is 97.1 Å². The normalized spacial score (nSPS) is 12.0. The van der Waals surface area contributed by atoms with Crippen LogP contribution in [0.25, 0.3) is 22.8 Å². The van der Waals surface area contributed by atoms with Gasteiger partial charge in [-0.05, 0) is 110 Å². The van der Waals surface area contributed by atoms with E-state index in [9.17, 15) is 19.2 Å². The number of carbonyl (C=O) groups excluding carboxylic acids is 4. The molecule has 26 heteroatoms. The number of nitrogens with zero attached hydrogens (tertiary/aromatic N) is 6. The van der Waals surface area contributed by atoms with Gasteiger partial charge in [0.25, 0.3) is 11.8 Å². The molecule has 6 aromatic rings. The van der Waals surface area contributed by atoms with Crippen LogP contribution in [0.4, 0.5) is 11.4 Å². The number of esters is 2. The van der Waals surface area contributed by atoms with Gasteiger partial charge in [0.1, 0.15) is 11.5 Å². The number of hydrogen-bond acceptors (Lipinski definition) is 12. The Morgan fingerprint density at radius 1 is 0.375 bits per heavy atom. The van der Waals surface area contributed by atoms with Gasteiger partial charge in [0.05, 0.1) is 0 Å². The van der Waals surface area contributed by atoms with Gasteiger partial charge >= 0.3 is 11.9 Å². The molecule has 14 nitrogen and oxygen atoms in total. The number of carbonyl (C=O) groups is 4. The largest absolute Gasteiger partial charge is 0.427 e. The summed E-state index contributed by atoms with van der Waals surface area (Å²) in [4.78, 5) is 75.5. The number of rotatable bonds is 17. The summed E-state index contributed by atoms with van der Waals surface area (Å²) < 4.78 is 2.84. The standard InChI is InChI=1S/C46H34Cl12N8O6/c47-43(48,49)39-61-35(62-40(65-39)44(50,51)52)25-9-17-29(18-10-25)59-37(69)27-13-21-31(22-14-27)71-33(67)7-5-3-1-2-4-6-8-34(68)72-32-23-15-28(16-24-32)38(70)60-30-19-11-26(12-20-30)36-63-41(45(53,54)55)66-42(64-36)46(56,57)58/h9-24H,1-8H2,(H,59,69)(H,60,70). The van der Waals surface area contributed by atoms with Gasteiger partial charge < -0.3 is 20.1 Å². The number of benzene rings is 4. The van der Waals surface area contributed by atoms with E-state index in [1.165, 1.54) is 48.5 Å². The molecule has 0 bridgehead atoms. The summed E-state index contributed by atoms with van der Waals surface area (Å²) in [7, 11) is 0. The molecule has 2 heterocycles. The van der Waals surface area contributed by atoms with E-state index in [1.54, 1.807) is 48.5 Å². The molecule has 4 aromatic carbocycles. The van der Waals surface area contributed by atoms with Crippen LogP contribution in [0, 0.1) is 0 Å². The zero-order valence-electron chi connectivity index (χ0n) is 36.6. The van der Waals surface area contributed by atoms with Crippen LogP contribution in [-0.2, 0) is 24.8 Å². The van der Waals surface area contributed by atoms with Crippen molar-refractivity contribution in [3.63, 3.8) is 0 Å². The van der Waals surface area contributed by atoms with Crippen LogP contribution < -0.4 is 20.1 Å². The van der Waals surface area contributed by atoms with E-state index in [0.29, 0.717) is 58.0 Å². The van der Waals surface area contributed by atoms with E-state index < -0.39 is 38.9 Å². The van der Waals surface area contributed by atoms with Crippen molar-refractivity contribution in [3.05, 3.63) is 131 Å². The third kappa shape index (κ3) is 17.4. The minimum Gasteiger partial charge on any atom is -0.427 e. The molecule has 0 spiro atoms. The summed E-state index contributed by atoms with van der Waals surface area (Å²) in [5.74, 6) is -1.84. The smallest absolute Gasteiger partial charge is 0.311 e. The third-order valence-corrected chi connectivity index (χ3v) is 11.8. The van der Waals surface area contributed by atoms with E-state index in [-0.39, 0.29) is 47.8 Å². The van der Waals surface area contributed by atoms with E-state index >= 15 is 0 Å². The Balaban J connectivity index is 0.845. The van der Waals surface area contributed by atoms with Crippen molar-refractivity contribution in [1.82, 2.24) is 29.9 Å². The van der Waals surface area contributed by atoms with Crippen LogP contribution in [0.3, 0.4) is 0 Å². The van der Waals surface area contributed by atoms with Gasteiger partial charge in [0.15, 0.2) is 34.9 Å². The number of aromatic nitrogens is 6. The summed E-state index contributed by atoms with van der Waals surface area (Å²) in [6.45, 7) is 0. The Kier molecular flexibility index (Phi) is 20.1. The van der Waals surface area contributed by atoms with Gasteiger partial charge in [0, 0.05) is 46.5 Å². The summed E-state index contributed by atoms with van der Waals surface area (Å²) in [6, 6.07) is 25.2. The molecule has 0 radical (unpaired) electrons. The minimum absolute atomic E-state index is 0.0726. The predicted octanol–water partition coefficient (Wildman–Crippen LogP) is 14.8. The fourth-order valence-electron chi connectivity index (χ4n) is 6.29. The SMILES string of the molecule is O=C(CCCCCCCCC(=O)Oc1ccc(C(=O)Nc2ccc(-c3nc(C(Cl)(Cl)Cl)nc(C(Cl)(Cl)Cl)n3)cc2)cc1)Oc1ccc(C(=O)Nc2ccc(-c3nc(C(Cl)(Cl)Cl)nc(C(Cl)(Cl)Cl)n3)cc2)cc1. The average Bonchev–Trinajstić information content (AvgIpc) is 3.32. The lowest BCUT2D eigenvalue weighted by Gasteiger charge is -2.15. The van der Waals surface area contributed by atoms with E-state index in [1.807, 2.05) is 0 Å². The number of alkyl halides is 12. The summed E-state index contributed by atoms with van der Waals surface area (Å²) >= 11 is 71.6. The quantitative estimate of drug-likeness (QED) is 0.0381. The highest BCUT2D eigenvalue weighted by Gasteiger charge is 2.35. The molecule has 0 unspecified atom stereocenters. The van der Waals surface area contributed by atoms with E-state index in [4.69, 9.17) is 149 Å². The minimum atomic E-state index is -2.02. The fourth-order valence-corrected chi connectivity index (χ4v) is 7.30. The molecule has 0 fully saturated rings. The monoisotopic (exact) mass is 1210 g/mol. The van der Waals surface area contributed by atoms with Gasteiger partial charge in [0.2, 0.25) is 15.2 Å². The van der Waals surface area contributed by atoms with Crippen molar-refractivity contribution in [1.29, 1.82) is 0 Å². The Morgan fingerprint density at radius 2 is 0.653 bits per heavy atom. The molecular weight excluding hydrogens is 1190 g/mol. The second kappa shape index (κ2) is 25.2. The number of halogens is 12. The molecule has 378 valence electrons. The maximum Gasteiger partial charge on any atom is 0.311 e. The van der Waals surface area contributed by atoms with Crippen molar-refractivity contribution < 1.29 is 28.7 Å². The molecule has 0 saturated carbocycles. The third-order valence-electron chi connectivity index (χ3n) is 9.80. The van der Waals surface area contributed by atoms with Gasteiger partial charge in [-0.3, -0.25) is 19.2 Å². The Labute approximate surface area is 471 Å². The molecule has 2 N–H and O–H groups in total. The Hall–Kier alpha value is -3.74. The first-order chi connectivity index (χ1) is 33.8. The van der Waals surface area contributed by atoms with E-state index in [0.717, 1.165) is 25.7 Å². The summed E-state index contributed by atoms with van der Waals surface area (Å²) in [6.07, 6.45) is 5.02. The highest BCUT2D eigenvalue weighted by Crippen LogP contribution is 2.42. The Bertz CT molecular complexity index is 2620. The average molecular weight is 1220 g/mol. The highest BCUT2D eigenvalue weighted by molar-refractivity contribution is 6.68. The van der Waals surface area contributed by atoms with Gasteiger partial charge in [-0.2, -0.15) is 0 Å². The lowest BCUT2D eigenvalue weighted by atomic mass is 10.1. The van der Waals surface area contributed by atoms with Gasteiger partial charge in [-0.25, -0.2) is 29.9 Å². The summed E-state index contributed by atoms with van der Waals surface area (Å²) in [5, 5.41) is 5.56. The molecule has 72 heavy (non-hydrogen) atoms. The molecule has 0 aliphatic heterocycles. The Morgan fingerprint density at radius 3 is 0.931 bits per heavy atom. The molecule has 0 aliphatic carbocycles. The number of anilines is 2. The molecule has 0 saturated heterocycles. The van der Waals surface area contributed by atoms with Crippen LogP contribution in [0.1, 0.15) is 95.4 Å². The molecular formula is C46H34Cl12N8O6. The lowest BCUT2D eigenvalue weighted by Crippen LogP contribution is -2.16. The van der Waals surface area contributed by atoms with Crippen molar-refractivity contribution in [3.8, 4) is 34.3 Å². The zero-order valence-corrected chi connectivity index (χ0v) is 45.6. The molecule has 0 atom stereocenters. The van der Waals surface area contributed by atoms with Crippen LogP contribution in [0.2, 0.25) is 0 Å². The number of amides is 2. The maximum absolute atomic E-state index is 12.9. The lowest BCUT2D eigenvalue weighted by molar-refractivity contribution is -0.135. The number of ether oxygens (including phenoxy) is 2. The first kappa shape index (κ1) is 57.5. The van der Waals surface area contributed by atoms with Crippen LogP contribution >= 0.6 is 139 Å². The molecule has 0 aliphatic rings. The second-order valence-corrected chi connectivity index (χ2v) is 24.4. The molecule has 2 aromatic heterocycles. The van der Waals surface area contributed by atoms with Gasteiger partial charge in [-0.1, -0.05) is 165 Å². The second-order valence-electron chi connectivity index (χ2n) is 15.3. The molecule has 6 rings (SSSR count). The predicted molar refractivity (Wildman–Crippen MR) is 284 cm³/mol. The van der Waals surface area contributed by atoms with Crippen molar-refractivity contribution >= 4 is 174 Å². The first-order valence-corrected chi connectivity index (χ1v) is 25.6. The summed E-state index contributed by atoms with van der Waals surface area (Å²) in [5.41, 5.74) is 2.47. The van der Waals surface area contributed by atoms with E-state index in [2.05, 4.69) is 40.5 Å². The van der Waals surface area contributed by atoms with Gasteiger partial charge in [-0.15, -0.1) is 0 Å². The first-order valence-electron chi connectivity index (χ1n) is 21.1. The number of hydrogen-bond donors (Lipinski definition) is 2. The van der Waals surface area contributed by atoms with Crippen molar-refractivity contribution in [2.45, 2.75) is 66.5 Å². The number of nitrogens with one attached hydrogen (secondary N) is 2. The number of unbranched alkanes of at least 4 members (excludes halogenated alkanes) is 5.